The van der Waals surface area contributed by atoms with Gasteiger partial charge in [-0.05, 0) is 18.2 Å². The van der Waals surface area contributed by atoms with Crippen molar-refractivity contribution in [2.45, 2.75) is 10.6 Å². The zero-order valence-electron chi connectivity index (χ0n) is 13.3. The first-order valence-electron chi connectivity index (χ1n) is 7.45. The Bertz CT molecular complexity index is 797. The van der Waals surface area contributed by atoms with E-state index in [0.717, 1.165) is 5.69 Å². The van der Waals surface area contributed by atoms with Gasteiger partial charge in [0.2, 0.25) is 0 Å². The van der Waals surface area contributed by atoms with E-state index < -0.39 is 4.92 Å². The lowest BCUT2D eigenvalue weighted by Gasteiger charge is -2.05. The van der Waals surface area contributed by atoms with Crippen LogP contribution >= 0.6 is 11.8 Å². The van der Waals surface area contributed by atoms with Crippen molar-refractivity contribution in [1.82, 2.24) is 10.3 Å². The van der Waals surface area contributed by atoms with E-state index in [1.54, 1.807) is 42.2 Å². The number of pyridine rings is 1. The van der Waals surface area contributed by atoms with Crippen molar-refractivity contribution in [1.29, 1.82) is 0 Å². The third-order valence-corrected chi connectivity index (χ3v) is 4.85. The molecule has 130 valence electrons. The summed E-state index contributed by atoms with van der Waals surface area (Å²) in [6, 6.07) is 8.34. The molecule has 9 heteroatoms. The van der Waals surface area contributed by atoms with Gasteiger partial charge in [-0.25, -0.2) is 0 Å². The summed E-state index contributed by atoms with van der Waals surface area (Å²) in [6.45, 7) is 0.387. The molecule has 1 saturated heterocycles. The predicted octanol–water partition coefficient (Wildman–Crippen LogP) is 2.48. The van der Waals surface area contributed by atoms with Gasteiger partial charge in [0.25, 0.3) is 5.69 Å². The van der Waals surface area contributed by atoms with Crippen molar-refractivity contribution in [3.8, 4) is 11.5 Å². The van der Waals surface area contributed by atoms with Crippen LogP contribution in [0.1, 0.15) is 16.5 Å². The number of thioether (sulfide) groups is 1. The van der Waals surface area contributed by atoms with Crippen molar-refractivity contribution in [3.63, 3.8) is 0 Å². The van der Waals surface area contributed by atoms with Gasteiger partial charge in [0.15, 0.2) is 11.5 Å². The third-order valence-electron chi connectivity index (χ3n) is 3.63. The number of aromatic nitrogens is 1. The number of methoxy groups -OCH3 is 1. The first kappa shape index (κ1) is 17.2. The number of hydrogen-bond donors (Lipinski definition) is 2. The summed E-state index contributed by atoms with van der Waals surface area (Å²) in [5.41, 5.74) is 1.38. The molecule has 2 unspecified atom stereocenters. The second-order valence-electron chi connectivity index (χ2n) is 5.25. The average molecular weight is 360 g/mol. The van der Waals surface area contributed by atoms with Gasteiger partial charge >= 0.3 is 0 Å². The number of phenols is 1. The Kier molecular flexibility index (Phi) is 5.15. The highest BCUT2D eigenvalue weighted by Gasteiger charge is 2.40. The van der Waals surface area contributed by atoms with Gasteiger partial charge in [-0.2, -0.15) is 0 Å². The van der Waals surface area contributed by atoms with Crippen molar-refractivity contribution in [2.75, 3.05) is 13.8 Å². The Morgan fingerprint density at radius 3 is 3.00 bits per heavy atom. The predicted molar refractivity (Wildman–Crippen MR) is 95.3 cm³/mol. The van der Waals surface area contributed by atoms with E-state index in [1.165, 1.54) is 19.4 Å². The number of nitro groups is 1. The molecular weight excluding hydrogens is 344 g/mol. The van der Waals surface area contributed by atoms with Crippen LogP contribution in [0.2, 0.25) is 0 Å². The first-order chi connectivity index (χ1) is 12.1. The van der Waals surface area contributed by atoms with E-state index in [2.05, 4.69) is 15.3 Å². The molecule has 2 atom stereocenters. The summed E-state index contributed by atoms with van der Waals surface area (Å²) >= 11 is 1.67. The second kappa shape index (κ2) is 7.49. The molecule has 1 aliphatic heterocycles. The molecular formula is C16H16N4O4S. The van der Waals surface area contributed by atoms with Crippen molar-refractivity contribution in [3.05, 3.63) is 57.9 Å². The van der Waals surface area contributed by atoms with Crippen molar-refractivity contribution in [2.24, 2.45) is 4.99 Å². The summed E-state index contributed by atoms with van der Waals surface area (Å²) in [6.07, 6.45) is 2.85. The maximum atomic E-state index is 10.6. The maximum Gasteiger partial charge on any atom is 0.287 e. The Morgan fingerprint density at radius 2 is 2.32 bits per heavy atom. The molecule has 0 radical (unpaired) electrons. The number of rotatable bonds is 7. The number of ether oxygens (including phenoxy) is 1. The topological polar surface area (TPSA) is 110 Å². The maximum absolute atomic E-state index is 10.6. The minimum atomic E-state index is -0.463. The summed E-state index contributed by atoms with van der Waals surface area (Å²) in [5.74, 6) is 0.460. The fourth-order valence-electron chi connectivity index (χ4n) is 2.26. The van der Waals surface area contributed by atoms with Crippen LogP contribution in [0.25, 0.3) is 0 Å². The van der Waals surface area contributed by atoms with Crippen molar-refractivity contribution < 1.29 is 14.8 Å². The van der Waals surface area contributed by atoms with E-state index in [9.17, 15) is 15.2 Å². The Morgan fingerprint density at radius 1 is 1.48 bits per heavy atom. The Labute approximate surface area is 148 Å². The highest BCUT2D eigenvalue weighted by molar-refractivity contribution is 8.07. The molecule has 0 spiro atoms. The van der Waals surface area contributed by atoms with E-state index in [4.69, 9.17) is 4.74 Å². The molecule has 0 saturated carbocycles. The third kappa shape index (κ3) is 4.06. The number of aliphatic imine (C=N–C) groups is 1. The molecule has 1 aromatic heterocycles. The average Bonchev–Trinajstić information content (AvgIpc) is 3.39. The zero-order chi connectivity index (χ0) is 17.8. The molecule has 0 bridgehead atoms. The standard InChI is InChI=1S/C16H16N4O4S/c1-24-13-4-2-3-10(14(13)21)7-17-9-19-16-15(25-16)12-6-5-11(8-18-12)20(22)23/h2-8,15-16,19,21H,9H2,1H3/b17-7+. The number of nitrogens with zero attached hydrogens (tertiary/aromatic N) is 3. The van der Waals surface area contributed by atoms with Gasteiger partial charge < -0.3 is 9.84 Å². The smallest absolute Gasteiger partial charge is 0.287 e. The summed E-state index contributed by atoms with van der Waals surface area (Å²) in [4.78, 5) is 18.5. The van der Waals surface area contributed by atoms with Crippen LogP contribution in [0.4, 0.5) is 5.69 Å². The summed E-state index contributed by atoms with van der Waals surface area (Å²) < 4.78 is 5.05. The summed E-state index contributed by atoms with van der Waals surface area (Å²) in [5, 5.41) is 24.2. The van der Waals surface area contributed by atoms with E-state index in [1.807, 2.05) is 0 Å². The Hall–Kier alpha value is -2.65. The van der Waals surface area contributed by atoms with Crippen LogP contribution in [0.15, 0.2) is 41.5 Å². The molecule has 2 N–H and O–H groups in total. The van der Waals surface area contributed by atoms with Crippen LogP contribution in [0.3, 0.4) is 0 Å². The van der Waals surface area contributed by atoms with Gasteiger partial charge in [0.1, 0.15) is 6.20 Å². The van der Waals surface area contributed by atoms with Crippen LogP contribution in [-0.4, -0.2) is 40.4 Å². The van der Waals surface area contributed by atoms with Gasteiger partial charge in [0, 0.05) is 17.8 Å². The molecule has 1 fully saturated rings. The molecule has 25 heavy (non-hydrogen) atoms. The van der Waals surface area contributed by atoms with Crippen LogP contribution in [0.5, 0.6) is 11.5 Å². The molecule has 1 aromatic carbocycles. The van der Waals surface area contributed by atoms with Crippen LogP contribution in [-0.2, 0) is 0 Å². The van der Waals surface area contributed by atoms with E-state index >= 15 is 0 Å². The normalized spacial score (nSPS) is 19.1. The van der Waals surface area contributed by atoms with Crippen LogP contribution < -0.4 is 10.1 Å². The van der Waals surface area contributed by atoms with Gasteiger partial charge in [-0.1, -0.05) is 6.07 Å². The lowest BCUT2D eigenvalue weighted by Crippen LogP contribution is -2.17. The summed E-state index contributed by atoms with van der Waals surface area (Å²) in [7, 11) is 1.49. The molecule has 0 aliphatic carbocycles. The molecule has 0 amide bonds. The second-order valence-corrected chi connectivity index (χ2v) is 6.54. The molecule has 1 aliphatic rings. The first-order valence-corrected chi connectivity index (χ1v) is 8.39. The SMILES string of the molecule is COc1cccc(/C=N/CNC2SC2c2ccc([N+](=O)[O-])cn2)c1O. The van der Waals surface area contributed by atoms with E-state index in [0.29, 0.717) is 18.0 Å². The van der Waals surface area contributed by atoms with Gasteiger partial charge in [-0.3, -0.25) is 25.4 Å². The van der Waals surface area contributed by atoms with Crippen molar-refractivity contribution >= 4 is 23.7 Å². The lowest BCUT2D eigenvalue weighted by atomic mass is 10.2. The highest BCUT2D eigenvalue weighted by Crippen LogP contribution is 2.52. The fourth-order valence-corrected chi connectivity index (χ4v) is 3.17. The molecule has 3 rings (SSSR count). The fraction of sp³-hybridized carbons (Fsp3) is 0.250. The zero-order valence-corrected chi connectivity index (χ0v) is 14.1. The minimum Gasteiger partial charge on any atom is -0.504 e. The number of para-hydroxylation sites is 1. The monoisotopic (exact) mass is 360 g/mol. The quantitative estimate of drug-likeness (QED) is 0.338. The van der Waals surface area contributed by atoms with Gasteiger partial charge in [-0.15, -0.1) is 11.8 Å². The van der Waals surface area contributed by atoms with Gasteiger partial charge in [0.05, 0.1) is 35.0 Å². The number of phenolic OH excluding ortho intramolecular Hbond substituents is 1. The number of hydrogen-bond acceptors (Lipinski definition) is 8. The Balaban J connectivity index is 1.50. The number of aromatic hydroxyl groups is 1. The van der Waals surface area contributed by atoms with E-state index in [-0.39, 0.29) is 22.1 Å². The molecule has 2 heterocycles. The highest BCUT2D eigenvalue weighted by atomic mass is 32.2. The van der Waals surface area contributed by atoms with Crippen LogP contribution in [0, 0.1) is 10.1 Å². The molecule has 2 aromatic rings. The number of nitrogens with one attached hydrogen (secondary N) is 1. The largest absolute Gasteiger partial charge is 0.504 e. The molecule has 8 nitrogen and oxygen atoms in total. The number of benzene rings is 1. The minimum absolute atomic E-state index is 0.0124. The lowest BCUT2D eigenvalue weighted by molar-refractivity contribution is -0.385.